The van der Waals surface area contributed by atoms with Gasteiger partial charge < -0.3 is 15.3 Å². The zero-order valence-electron chi connectivity index (χ0n) is 12.0. The molecule has 0 aliphatic heterocycles. The lowest BCUT2D eigenvalue weighted by Crippen LogP contribution is -2.53. The average Bonchev–Trinajstić information content (AvgIpc) is 2.29. The summed E-state index contributed by atoms with van der Waals surface area (Å²) in [6, 6.07) is 0. The molecule has 1 aliphatic rings. The quantitative estimate of drug-likeness (QED) is 0.662. The predicted molar refractivity (Wildman–Crippen MR) is 73.8 cm³/mol. The van der Waals surface area contributed by atoms with Crippen LogP contribution in [0.2, 0.25) is 0 Å². The summed E-state index contributed by atoms with van der Waals surface area (Å²) in [5.41, 5.74) is -0.752. The lowest BCUT2D eigenvalue weighted by molar-refractivity contribution is -0.145. The van der Waals surface area contributed by atoms with Crippen molar-refractivity contribution in [1.82, 2.24) is 10.2 Å². The van der Waals surface area contributed by atoms with Crippen molar-refractivity contribution in [1.29, 1.82) is 0 Å². The smallest absolute Gasteiger partial charge is 0.323 e. The molecule has 1 aliphatic carbocycles. The number of aliphatic carboxylic acids is 1. The van der Waals surface area contributed by atoms with Crippen LogP contribution in [0, 0.1) is 5.92 Å². The highest BCUT2D eigenvalue weighted by Crippen LogP contribution is 2.33. The number of likely N-dealkylation sites (N-methyl/N-ethyl adjacent to an activating group) is 1. The van der Waals surface area contributed by atoms with Gasteiger partial charge in [-0.3, -0.25) is 4.79 Å². The van der Waals surface area contributed by atoms with Crippen molar-refractivity contribution in [2.45, 2.75) is 52.0 Å². The zero-order valence-corrected chi connectivity index (χ0v) is 12.0. The maximum absolute atomic E-state index is 11.4. The summed E-state index contributed by atoms with van der Waals surface area (Å²) in [6.45, 7) is 9.80. The van der Waals surface area contributed by atoms with Gasteiger partial charge in [-0.15, -0.1) is 0 Å². The van der Waals surface area contributed by atoms with E-state index in [1.807, 2.05) is 6.92 Å². The third kappa shape index (κ3) is 4.25. The molecule has 18 heavy (non-hydrogen) atoms. The van der Waals surface area contributed by atoms with Crippen molar-refractivity contribution < 1.29 is 9.90 Å². The largest absolute Gasteiger partial charge is 0.480 e. The summed E-state index contributed by atoms with van der Waals surface area (Å²) in [7, 11) is 0. The summed E-state index contributed by atoms with van der Waals surface area (Å²) in [4.78, 5) is 13.7. The molecule has 106 valence electrons. The zero-order chi connectivity index (χ0) is 13.6. The molecule has 1 unspecified atom stereocenters. The normalized spacial score (nSPS) is 19.6. The number of hydrogen-bond acceptors (Lipinski definition) is 3. The summed E-state index contributed by atoms with van der Waals surface area (Å²) >= 11 is 0. The second-order valence-corrected chi connectivity index (χ2v) is 5.59. The fourth-order valence-electron chi connectivity index (χ4n) is 2.54. The van der Waals surface area contributed by atoms with Crippen molar-refractivity contribution in [3.05, 3.63) is 0 Å². The monoisotopic (exact) mass is 256 g/mol. The Bertz CT molecular complexity index is 263. The van der Waals surface area contributed by atoms with E-state index in [1.54, 1.807) is 0 Å². The van der Waals surface area contributed by atoms with Crippen LogP contribution in [0.4, 0.5) is 0 Å². The first-order valence-corrected chi connectivity index (χ1v) is 7.22. The van der Waals surface area contributed by atoms with Gasteiger partial charge in [-0.25, -0.2) is 0 Å². The van der Waals surface area contributed by atoms with Gasteiger partial charge in [0.15, 0.2) is 0 Å². The lowest BCUT2D eigenvalue weighted by Gasteiger charge is -2.35. The summed E-state index contributed by atoms with van der Waals surface area (Å²) in [6.07, 6.45) is 4.42. The number of nitrogens with one attached hydrogen (secondary N) is 1. The Morgan fingerprint density at radius 3 is 2.39 bits per heavy atom. The van der Waals surface area contributed by atoms with Gasteiger partial charge in [0, 0.05) is 13.1 Å². The molecule has 2 N–H and O–H groups in total. The molecule has 1 atom stereocenters. The number of carboxylic acid groups (broad SMARTS) is 1. The first-order valence-electron chi connectivity index (χ1n) is 7.22. The molecule has 4 nitrogen and oxygen atoms in total. The molecule has 0 aromatic carbocycles. The Morgan fingerprint density at radius 2 is 2.00 bits per heavy atom. The van der Waals surface area contributed by atoms with E-state index in [0.29, 0.717) is 5.92 Å². The molecule has 4 heteroatoms. The van der Waals surface area contributed by atoms with E-state index < -0.39 is 11.5 Å². The third-order valence-electron chi connectivity index (χ3n) is 4.23. The highest BCUT2D eigenvalue weighted by atomic mass is 16.4. The maximum Gasteiger partial charge on any atom is 0.323 e. The number of carboxylic acids is 1. The molecule has 0 heterocycles. The second kappa shape index (κ2) is 7.10. The van der Waals surface area contributed by atoms with Crippen molar-refractivity contribution >= 4 is 5.97 Å². The third-order valence-corrected chi connectivity index (χ3v) is 4.23. The minimum Gasteiger partial charge on any atom is -0.480 e. The van der Waals surface area contributed by atoms with E-state index in [-0.39, 0.29) is 0 Å². The molecule has 0 amide bonds. The molecule has 0 aromatic rings. The SMILES string of the molecule is CCN(CC)CCNC(C)(CC1CCC1)C(=O)O. The van der Waals surface area contributed by atoms with Crippen molar-refractivity contribution in [3.63, 3.8) is 0 Å². The van der Waals surface area contributed by atoms with E-state index in [4.69, 9.17) is 0 Å². The second-order valence-electron chi connectivity index (χ2n) is 5.59. The topological polar surface area (TPSA) is 52.6 Å². The minimum absolute atomic E-state index is 0.604. The van der Waals surface area contributed by atoms with Crippen LogP contribution in [0.15, 0.2) is 0 Å². The molecular weight excluding hydrogens is 228 g/mol. The van der Waals surface area contributed by atoms with E-state index in [1.165, 1.54) is 19.3 Å². The summed E-state index contributed by atoms with van der Waals surface area (Å²) in [5.74, 6) is -0.110. The van der Waals surface area contributed by atoms with Gasteiger partial charge in [0.2, 0.25) is 0 Å². The van der Waals surface area contributed by atoms with Crippen LogP contribution >= 0.6 is 0 Å². The van der Waals surface area contributed by atoms with Crippen molar-refractivity contribution in [3.8, 4) is 0 Å². The summed E-state index contributed by atoms with van der Waals surface area (Å²) < 4.78 is 0. The van der Waals surface area contributed by atoms with Crippen LogP contribution in [0.5, 0.6) is 0 Å². The number of nitrogens with zero attached hydrogens (tertiary/aromatic N) is 1. The summed E-state index contributed by atoms with van der Waals surface area (Å²) in [5, 5.41) is 12.7. The fourth-order valence-corrected chi connectivity index (χ4v) is 2.54. The lowest BCUT2D eigenvalue weighted by atomic mass is 9.76. The Balaban J connectivity index is 2.38. The molecule has 0 aromatic heterocycles. The first kappa shape index (κ1) is 15.4. The predicted octanol–water partition coefficient (Wildman–Crippen LogP) is 1.95. The molecule has 0 spiro atoms. The van der Waals surface area contributed by atoms with Gasteiger partial charge in [0.25, 0.3) is 0 Å². The molecule has 0 bridgehead atoms. The highest BCUT2D eigenvalue weighted by Gasteiger charge is 2.36. The van der Waals surface area contributed by atoms with Gasteiger partial charge >= 0.3 is 5.97 Å². The average molecular weight is 256 g/mol. The van der Waals surface area contributed by atoms with Crippen LogP contribution in [-0.4, -0.2) is 47.7 Å². The van der Waals surface area contributed by atoms with Crippen LogP contribution < -0.4 is 5.32 Å². The van der Waals surface area contributed by atoms with Crippen molar-refractivity contribution in [2.24, 2.45) is 5.92 Å². The van der Waals surface area contributed by atoms with Gasteiger partial charge in [0.1, 0.15) is 5.54 Å². The molecule has 1 fully saturated rings. The van der Waals surface area contributed by atoms with E-state index in [9.17, 15) is 9.90 Å². The van der Waals surface area contributed by atoms with Crippen LogP contribution in [0.25, 0.3) is 0 Å². The molecule has 0 saturated heterocycles. The fraction of sp³-hybridized carbons (Fsp3) is 0.929. The van der Waals surface area contributed by atoms with E-state index >= 15 is 0 Å². The number of carbonyl (C=O) groups is 1. The first-order chi connectivity index (χ1) is 8.51. The van der Waals surface area contributed by atoms with Gasteiger partial charge in [-0.2, -0.15) is 0 Å². The standard InChI is InChI=1S/C14H28N2O2/c1-4-16(5-2)10-9-15-14(3,13(17)18)11-12-7-6-8-12/h12,15H,4-11H2,1-3H3,(H,17,18). The number of hydrogen-bond donors (Lipinski definition) is 2. The Hall–Kier alpha value is -0.610. The van der Waals surface area contributed by atoms with E-state index in [2.05, 4.69) is 24.1 Å². The number of rotatable bonds is 9. The van der Waals surface area contributed by atoms with Gasteiger partial charge in [-0.05, 0) is 32.4 Å². The van der Waals surface area contributed by atoms with Crippen LogP contribution in [-0.2, 0) is 4.79 Å². The van der Waals surface area contributed by atoms with Gasteiger partial charge in [0.05, 0.1) is 0 Å². The van der Waals surface area contributed by atoms with Crippen LogP contribution in [0.3, 0.4) is 0 Å². The highest BCUT2D eigenvalue weighted by molar-refractivity contribution is 5.78. The molecular formula is C14H28N2O2. The molecule has 0 radical (unpaired) electrons. The van der Waals surface area contributed by atoms with Gasteiger partial charge in [-0.1, -0.05) is 33.1 Å². The Kier molecular flexibility index (Phi) is 6.09. The van der Waals surface area contributed by atoms with Crippen LogP contribution in [0.1, 0.15) is 46.5 Å². The molecule has 1 saturated carbocycles. The maximum atomic E-state index is 11.4. The minimum atomic E-state index is -0.752. The van der Waals surface area contributed by atoms with E-state index in [0.717, 1.165) is 32.6 Å². The Labute approximate surface area is 111 Å². The Morgan fingerprint density at radius 1 is 1.39 bits per heavy atom. The van der Waals surface area contributed by atoms with Crippen molar-refractivity contribution in [2.75, 3.05) is 26.2 Å². The molecule has 1 rings (SSSR count).